The van der Waals surface area contributed by atoms with E-state index >= 15 is 0 Å². The molecule has 0 N–H and O–H groups in total. The molecule has 16 fully saturated rings. The van der Waals surface area contributed by atoms with Crippen LogP contribution in [0.2, 0.25) is 0 Å². The number of ether oxygens (including phenoxy) is 12. The van der Waals surface area contributed by atoms with Gasteiger partial charge >= 0.3 is 0 Å². The molecule has 0 aromatic heterocycles. The molecular formula is C78H100O12P4. The lowest BCUT2D eigenvalue weighted by molar-refractivity contribution is -0.534. The largest absolute Gasteiger partial charge is 0.343 e. The lowest BCUT2D eigenvalue weighted by Crippen LogP contribution is -2.85. The summed E-state index contributed by atoms with van der Waals surface area (Å²) >= 11 is 0. The van der Waals surface area contributed by atoms with Crippen molar-refractivity contribution in [1.82, 2.24) is 0 Å². The molecule has 16 aliphatic rings. The molecule has 12 nitrogen and oxygen atoms in total. The van der Waals surface area contributed by atoms with Crippen molar-refractivity contribution in [3.63, 3.8) is 0 Å². The molecule has 0 saturated carbocycles. The Morgan fingerprint density at radius 3 is 0.681 bits per heavy atom. The molecule has 5 aromatic rings. The predicted octanol–water partition coefficient (Wildman–Crippen LogP) is 16.1. The van der Waals surface area contributed by atoms with E-state index in [2.05, 4.69) is 269 Å². The molecule has 16 heterocycles. The summed E-state index contributed by atoms with van der Waals surface area (Å²) in [7, 11) is 12.5. The van der Waals surface area contributed by atoms with Crippen molar-refractivity contribution in [2.45, 2.75) is 275 Å². The van der Waals surface area contributed by atoms with E-state index in [1.807, 2.05) is 0 Å². The maximum Gasteiger partial charge on any atom is 0.172 e. The number of hydrogen-bond donors (Lipinski definition) is 0. The summed E-state index contributed by atoms with van der Waals surface area (Å²) in [5.74, 6) is -5.89. The highest BCUT2D eigenvalue weighted by Gasteiger charge is 2.84. The number of rotatable bonds is 11. The van der Waals surface area contributed by atoms with Crippen LogP contribution in [0.1, 0.15) is 184 Å². The number of benzene rings is 5. The fourth-order valence-electron chi connectivity index (χ4n) is 25.3. The molecule has 20 atom stereocenters. The molecule has 0 spiro atoms. The Hall–Kier alpha value is -2.66. The van der Waals surface area contributed by atoms with Crippen LogP contribution in [0.15, 0.2) is 121 Å². The van der Waals surface area contributed by atoms with Crippen LogP contribution in [0.25, 0.3) is 33.4 Å². The average molecular weight is 1350 g/mol. The van der Waals surface area contributed by atoms with Crippen LogP contribution in [0.4, 0.5) is 0 Å². The molecule has 0 aliphatic carbocycles. The summed E-state index contributed by atoms with van der Waals surface area (Å²) < 4.78 is 83.7. The fourth-order valence-corrected chi connectivity index (χ4v) is 29.6. The van der Waals surface area contributed by atoms with Gasteiger partial charge in [-0.15, -0.1) is 37.0 Å². The Morgan fingerprint density at radius 1 is 0.234 bits per heavy atom. The first-order chi connectivity index (χ1) is 43.8. The third-order valence-corrected chi connectivity index (χ3v) is 28.7. The quantitative estimate of drug-likeness (QED) is 0.117. The van der Waals surface area contributed by atoms with Gasteiger partial charge in [0.05, 0.1) is 66.5 Å². The van der Waals surface area contributed by atoms with Crippen molar-refractivity contribution in [2.75, 3.05) is 24.6 Å². The third-order valence-electron chi connectivity index (χ3n) is 26.3. The minimum atomic E-state index is -0.754. The molecule has 16 saturated heterocycles. The second-order valence-electron chi connectivity index (χ2n) is 33.8. The molecule has 20 unspecified atom stereocenters. The normalized spacial score (nSPS) is 50.7. The van der Waals surface area contributed by atoms with E-state index in [0.29, 0.717) is 51.4 Å². The van der Waals surface area contributed by atoms with E-state index in [1.54, 1.807) is 0 Å². The first-order valence-electron chi connectivity index (χ1n) is 34.5. The smallest absolute Gasteiger partial charge is 0.172 e. The van der Waals surface area contributed by atoms with Gasteiger partial charge in [0.15, 0.2) is 46.3 Å². The highest BCUT2D eigenvalue weighted by Crippen LogP contribution is 2.76. The maximum absolute atomic E-state index is 7.26. The van der Waals surface area contributed by atoms with Gasteiger partial charge in [-0.05, 0) is 203 Å². The molecule has 16 aliphatic heterocycles. The Balaban J connectivity index is 0.000000150. The summed E-state index contributed by atoms with van der Waals surface area (Å²) in [4.78, 5) is 0. The first-order valence-corrected chi connectivity index (χ1v) is 37.7. The van der Waals surface area contributed by atoms with Gasteiger partial charge in [0.1, 0.15) is 0 Å². The van der Waals surface area contributed by atoms with E-state index in [1.165, 1.54) is 55.6 Å². The minimum Gasteiger partial charge on any atom is -0.343 e. The standard InChI is InChI=1S/C42H52O6P2.C36H48O6P2/c1-33-21-37(5)44-34(2,22-38(6,43-33)47-37)41(33,25-49)31-19-29(27-15-11-9-12-16-27)30(28-17-13-10-14-18-28)20-32(31)42(26-50)35(3)23-39(7)46-36(42,4)24-40(8,45-35)48-39;1-27-17-31(5)38-28(2,18-32(6,37-27)41-31)35(27,21-43)25-15-14-24(23-12-10-9-11-13-23)16-26(25)36(22-44)29(3)19-33(7)40-30(36,4)20-34(8,39-29)42-33/h9-20H,21-26,49-50H2,1-8H3;9-16H,17-22,43-44H2,1-8H3. The van der Waals surface area contributed by atoms with Crippen molar-refractivity contribution >= 4 is 37.0 Å². The topological polar surface area (TPSA) is 111 Å². The summed E-state index contributed by atoms with van der Waals surface area (Å²) in [5, 5.41) is 0. The van der Waals surface area contributed by atoms with Crippen LogP contribution in [0.3, 0.4) is 0 Å². The number of hydrogen-bond acceptors (Lipinski definition) is 12. The zero-order valence-corrected chi connectivity index (χ0v) is 62.9. The van der Waals surface area contributed by atoms with Crippen LogP contribution in [-0.4, -0.2) is 116 Å². The van der Waals surface area contributed by atoms with Gasteiger partial charge in [-0.2, -0.15) is 0 Å². The lowest BCUT2D eigenvalue weighted by atomic mass is 9.46. The molecule has 94 heavy (non-hydrogen) atoms. The molecule has 504 valence electrons. The summed E-state index contributed by atoms with van der Waals surface area (Å²) in [5.41, 5.74) is 5.18. The van der Waals surface area contributed by atoms with Gasteiger partial charge < -0.3 is 56.8 Å². The molecular weight excluding hydrogens is 1250 g/mol. The SMILES string of the molecule is CC12CC3(C)OC(C)(CC(C)(O1)C3(CP)c1cc(-c3ccccc3)c(-c3ccccc3)cc1C1(CP)C3(C)CC4(C)OC(C)(CC1(C)O4)O3)O2.CC12CC3(C)OC(C)(CC(C)(O1)C3(CP)c1ccc(-c3ccccc3)cc1C1(CP)C3(C)CC4(C)OC(C)(CC1(C)O4)O3)O2. The van der Waals surface area contributed by atoms with Crippen molar-refractivity contribution in [3.8, 4) is 33.4 Å². The molecule has 16 bridgehead atoms. The zero-order chi connectivity index (χ0) is 66.9. The van der Waals surface area contributed by atoms with Crippen LogP contribution in [-0.2, 0) is 78.5 Å². The minimum absolute atomic E-state index is 0.503. The monoisotopic (exact) mass is 1350 g/mol. The molecule has 5 aromatic carbocycles. The molecule has 21 rings (SSSR count). The molecule has 16 heteroatoms. The van der Waals surface area contributed by atoms with Crippen molar-refractivity contribution in [3.05, 3.63) is 144 Å². The summed E-state index contributed by atoms with van der Waals surface area (Å²) in [6, 6.07) is 44.4. The Morgan fingerprint density at radius 2 is 0.447 bits per heavy atom. The zero-order valence-electron chi connectivity index (χ0n) is 58.2. The van der Waals surface area contributed by atoms with Crippen LogP contribution >= 0.6 is 37.0 Å². The first kappa shape index (κ1) is 65.9. The van der Waals surface area contributed by atoms with Crippen LogP contribution in [0, 0.1) is 0 Å². The fraction of sp³-hybridized carbons (Fsp3) is 0.615. The maximum atomic E-state index is 7.26. The Bertz CT molecular complexity index is 3640. The van der Waals surface area contributed by atoms with Gasteiger partial charge in [-0.3, -0.25) is 0 Å². The Kier molecular flexibility index (Phi) is 13.8. The average Bonchev–Trinajstić information content (AvgIpc) is 0.650. The van der Waals surface area contributed by atoms with E-state index < -0.39 is 113 Å². The van der Waals surface area contributed by atoms with Crippen molar-refractivity contribution in [2.24, 2.45) is 0 Å². The van der Waals surface area contributed by atoms with E-state index in [4.69, 9.17) is 56.8 Å². The highest BCUT2D eigenvalue weighted by atomic mass is 31.0. The van der Waals surface area contributed by atoms with Crippen molar-refractivity contribution in [1.29, 1.82) is 0 Å². The van der Waals surface area contributed by atoms with Gasteiger partial charge in [-0.1, -0.05) is 109 Å². The van der Waals surface area contributed by atoms with E-state index in [9.17, 15) is 0 Å². The predicted molar refractivity (Wildman–Crippen MR) is 379 cm³/mol. The van der Waals surface area contributed by atoms with Gasteiger partial charge in [0, 0.05) is 51.4 Å². The summed E-state index contributed by atoms with van der Waals surface area (Å²) in [6.45, 7) is 35.1. The Labute approximate surface area is 567 Å². The second-order valence-corrected chi connectivity index (χ2v) is 35.4. The highest BCUT2D eigenvalue weighted by molar-refractivity contribution is 7.17. The van der Waals surface area contributed by atoms with Gasteiger partial charge in [-0.25, -0.2) is 0 Å². The van der Waals surface area contributed by atoms with Crippen LogP contribution < -0.4 is 0 Å². The van der Waals surface area contributed by atoms with Gasteiger partial charge in [0.2, 0.25) is 0 Å². The van der Waals surface area contributed by atoms with E-state index in [-0.39, 0.29) is 0 Å². The third kappa shape index (κ3) is 8.27. The van der Waals surface area contributed by atoms with E-state index in [0.717, 1.165) is 24.6 Å². The molecule has 0 radical (unpaired) electrons. The molecule has 0 amide bonds. The second kappa shape index (κ2) is 19.7. The summed E-state index contributed by atoms with van der Waals surface area (Å²) in [6.07, 6.45) is 7.98. The van der Waals surface area contributed by atoms with Crippen molar-refractivity contribution < 1.29 is 56.8 Å². The van der Waals surface area contributed by atoms with Gasteiger partial charge in [0.25, 0.3) is 0 Å². The van der Waals surface area contributed by atoms with Crippen LogP contribution in [0.5, 0.6) is 0 Å². The lowest BCUT2D eigenvalue weighted by Gasteiger charge is -2.77.